The van der Waals surface area contributed by atoms with Gasteiger partial charge in [0.25, 0.3) is 0 Å². The molecule has 1 aromatic heterocycles. The molecule has 2 rings (SSSR count). The van der Waals surface area contributed by atoms with E-state index in [1.165, 1.54) is 0 Å². The molecule has 0 saturated carbocycles. The third-order valence-corrected chi connectivity index (χ3v) is 3.58. The van der Waals surface area contributed by atoms with Crippen LogP contribution in [0.15, 0.2) is 41.0 Å². The van der Waals surface area contributed by atoms with Crippen LogP contribution >= 0.6 is 15.9 Å². The average Bonchev–Trinajstić information content (AvgIpc) is 2.48. The van der Waals surface area contributed by atoms with Crippen molar-refractivity contribution in [2.45, 2.75) is 13.2 Å². The van der Waals surface area contributed by atoms with Gasteiger partial charge in [-0.3, -0.25) is 4.98 Å². The van der Waals surface area contributed by atoms with Crippen LogP contribution in [0.4, 0.5) is 0 Å². The number of hydrogen-bond donors (Lipinski definition) is 1. The van der Waals surface area contributed by atoms with Crippen molar-refractivity contribution in [2.24, 2.45) is 0 Å². The Labute approximate surface area is 127 Å². The van der Waals surface area contributed by atoms with E-state index >= 15 is 0 Å². The number of ether oxygens (including phenoxy) is 2. The SMILES string of the molecule is CNCc1ccc(OCc2cc(OC)ccc2Br)cn1. The molecule has 0 amide bonds. The van der Waals surface area contributed by atoms with Gasteiger partial charge < -0.3 is 14.8 Å². The molecule has 0 aliphatic carbocycles. The van der Waals surface area contributed by atoms with Gasteiger partial charge in [-0.05, 0) is 37.4 Å². The summed E-state index contributed by atoms with van der Waals surface area (Å²) in [6.45, 7) is 1.21. The number of halogens is 1. The summed E-state index contributed by atoms with van der Waals surface area (Å²) in [5.41, 5.74) is 2.02. The maximum absolute atomic E-state index is 5.74. The molecule has 1 heterocycles. The van der Waals surface area contributed by atoms with Crippen molar-refractivity contribution in [3.63, 3.8) is 0 Å². The van der Waals surface area contributed by atoms with Gasteiger partial charge in [0.2, 0.25) is 0 Å². The summed E-state index contributed by atoms with van der Waals surface area (Å²) in [6, 6.07) is 9.68. The maximum atomic E-state index is 5.74. The third-order valence-electron chi connectivity index (χ3n) is 2.80. The Kier molecular flexibility index (Phi) is 5.38. The van der Waals surface area contributed by atoms with E-state index in [1.807, 2.05) is 37.4 Å². The standard InChI is InChI=1S/C15H17BrN2O2/c1-17-8-12-3-4-14(9-18-12)20-10-11-7-13(19-2)5-6-15(11)16/h3-7,9,17H,8,10H2,1-2H3. The molecule has 0 fully saturated rings. The van der Waals surface area contributed by atoms with Gasteiger partial charge in [-0.1, -0.05) is 15.9 Å². The summed E-state index contributed by atoms with van der Waals surface area (Å²) in [5, 5.41) is 3.06. The van der Waals surface area contributed by atoms with Gasteiger partial charge in [-0.2, -0.15) is 0 Å². The van der Waals surface area contributed by atoms with Crippen LogP contribution in [-0.4, -0.2) is 19.1 Å². The van der Waals surface area contributed by atoms with E-state index in [-0.39, 0.29) is 0 Å². The number of nitrogens with one attached hydrogen (secondary N) is 1. The number of benzene rings is 1. The van der Waals surface area contributed by atoms with Crippen LogP contribution in [0.5, 0.6) is 11.5 Å². The van der Waals surface area contributed by atoms with Crippen molar-refractivity contribution in [3.8, 4) is 11.5 Å². The van der Waals surface area contributed by atoms with Gasteiger partial charge in [0.1, 0.15) is 18.1 Å². The number of hydrogen-bond acceptors (Lipinski definition) is 4. The van der Waals surface area contributed by atoms with E-state index in [2.05, 4.69) is 26.2 Å². The quantitative estimate of drug-likeness (QED) is 0.879. The molecule has 5 heteroatoms. The molecule has 106 valence electrons. The summed E-state index contributed by atoms with van der Waals surface area (Å²) in [7, 11) is 3.55. The summed E-state index contributed by atoms with van der Waals surface area (Å²) in [5.74, 6) is 1.56. The summed E-state index contributed by atoms with van der Waals surface area (Å²) < 4.78 is 11.9. The first-order valence-corrected chi connectivity index (χ1v) is 7.07. The highest BCUT2D eigenvalue weighted by molar-refractivity contribution is 9.10. The van der Waals surface area contributed by atoms with Crippen molar-refractivity contribution in [3.05, 3.63) is 52.3 Å². The lowest BCUT2D eigenvalue weighted by Gasteiger charge is -2.10. The fraction of sp³-hybridized carbons (Fsp3) is 0.267. The van der Waals surface area contributed by atoms with E-state index in [1.54, 1.807) is 13.3 Å². The minimum Gasteiger partial charge on any atom is -0.497 e. The van der Waals surface area contributed by atoms with Gasteiger partial charge in [-0.15, -0.1) is 0 Å². The minimum atomic E-state index is 0.463. The Balaban J connectivity index is 2.01. The molecule has 0 spiro atoms. The molecule has 0 saturated heterocycles. The third kappa shape index (κ3) is 3.95. The molecule has 0 aliphatic heterocycles. The van der Waals surface area contributed by atoms with Gasteiger partial charge in [0, 0.05) is 16.6 Å². The lowest BCUT2D eigenvalue weighted by Crippen LogP contribution is -2.06. The number of pyridine rings is 1. The first kappa shape index (κ1) is 14.8. The van der Waals surface area contributed by atoms with Crippen LogP contribution in [0.25, 0.3) is 0 Å². The zero-order valence-corrected chi connectivity index (χ0v) is 13.1. The van der Waals surface area contributed by atoms with Crippen LogP contribution < -0.4 is 14.8 Å². The fourth-order valence-electron chi connectivity index (χ4n) is 1.73. The monoisotopic (exact) mass is 336 g/mol. The number of methoxy groups -OCH3 is 1. The van der Waals surface area contributed by atoms with Gasteiger partial charge >= 0.3 is 0 Å². The largest absolute Gasteiger partial charge is 0.497 e. The smallest absolute Gasteiger partial charge is 0.138 e. The molecule has 1 aromatic carbocycles. The molecule has 20 heavy (non-hydrogen) atoms. The van der Waals surface area contributed by atoms with E-state index in [9.17, 15) is 0 Å². The summed E-state index contributed by atoms with van der Waals surface area (Å²) in [4.78, 5) is 4.31. The Morgan fingerprint density at radius 3 is 2.65 bits per heavy atom. The van der Waals surface area contributed by atoms with E-state index in [0.717, 1.165) is 33.8 Å². The number of rotatable bonds is 6. The average molecular weight is 337 g/mol. The zero-order chi connectivity index (χ0) is 14.4. The highest BCUT2D eigenvalue weighted by Crippen LogP contribution is 2.24. The fourth-order valence-corrected chi connectivity index (χ4v) is 2.09. The van der Waals surface area contributed by atoms with E-state index in [0.29, 0.717) is 6.61 Å². The van der Waals surface area contributed by atoms with Crippen LogP contribution in [0.3, 0.4) is 0 Å². The highest BCUT2D eigenvalue weighted by atomic mass is 79.9. The molecular weight excluding hydrogens is 320 g/mol. The molecule has 0 aliphatic rings. The van der Waals surface area contributed by atoms with Gasteiger partial charge in [0.15, 0.2) is 0 Å². The van der Waals surface area contributed by atoms with Crippen LogP contribution in [0, 0.1) is 0 Å². The second-order valence-corrected chi connectivity index (χ2v) is 5.12. The first-order chi connectivity index (χ1) is 9.72. The van der Waals surface area contributed by atoms with Crippen molar-refractivity contribution in [1.29, 1.82) is 0 Å². The molecule has 4 nitrogen and oxygen atoms in total. The highest BCUT2D eigenvalue weighted by Gasteiger charge is 2.04. The van der Waals surface area contributed by atoms with Crippen LogP contribution in [0.2, 0.25) is 0 Å². The van der Waals surface area contributed by atoms with Gasteiger partial charge in [-0.25, -0.2) is 0 Å². The zero-order valence-electron chi connectivity index (χ0n) is 11.5. The molecule has 0 unspecified atom stereocenters. The van der Waals surface area contributed by atoms with E-state index < -0.39 is 0 Å². The Morgan fingerprint density at radius 2 is 2.00 bits per heavy atom. The van der Waals surface area contributed by atoms with Crippen molar-refractivity contribution in [1.82, 2.24) is 10.3 Å². The van der Waals surface area contributed by atoms with Crippen LogP contribution in [-0.2, 0) is 13.2 Å². The lowest BCUT2D eigenvalue weighted by molar-refractivity contribution is 0.303. The summed E-state index contributed by atoms with van der Waals surface area (Å²) in [6.07, 6.45) is 1.74. The molecule has 2 aromatic rings. The molecule has 0 bridgehead atoms. The Hall–Kier alpha value is -1.59. The molecular formula is C15H17BrN2O2. The van der Waals surface area contributed by atoms with Crippen molar-refractivity contribution in [2.75, 3.05) is 14.2 Å². The minimum absolute atomic E-state index is 0.463. The molecule has 1 N–H and O–H groups in total. The predicted octanol–water partition coefficient (Wildman–Crippen LogP) is 3.15. The molecule has 0 atom stereocenters. The number of aromatic nitrogens is 1. The molecule has 0 radical (unpaired) electrons. The van der Waals surface area contributed by atoms with Gasteiger partial charge in [0.05, 0.1) is 19.0 Å². The normalized spacial score (nSPS) is 10.3. The maximum Gasteiger partial charge on any atom is 0.138 e. The Bertz CT molecular complexity index is 558. The predicted molar refractivity (Wildman–Crippen MR) is 82.0 cm³/mol. The lowest BCUT2D eigenvalue weighted by atomic mass is 10.2. The van der Waals surface area contributed by atoms with Crippen molar-refractivity contribution < 1.29 is 9.47 Å². The van der Waals surface area contributed by atoms with E-state index in [4.69, 9.17) is 9.47 Å². The van der Waals surface area contributed by atoms with Crippen molar-refractivity contribution >= 4 is 15.9 Å². The first-order valence-electron chi connectivity index (χ1n) is 6.27. The topological polar surface area (TPSA) is 43.4 Å². The summed E-state index contributed by atoms with van der Waals surface area (Å²) >= 11 is 3.51. The van der Waals surface area contributed by atoms with Crippen LogP contribution in [0.1, 0.15) is 11.3 Å². The second-order valence-electron chi connectivity index (χ2n) is 4.26. The number of nitrogens with zero attached hydrogens (tertiary/aromatic N) is 1. The Morgan fingerprint density at radius 1 is 1.20 bits per heavy atom. The second kappa shape index (κ2) is 7.26.